The Bertz CT molecular complexity index is 586. The Labute approximate surface area is 122 Å². The van der Waals surface area contributed by atoms with Crippen LogP contribution in [0, 0.1) is 5.82 Å². The number of para-hydroxylation sites is 1. The molecule has 2 nitrogen and oxygen atoms in total. The van der Waals surface area contributed by atoms with Crippen LogP contribution >= 0.6 is 11.6 Å². The topological polar surface area (TPSA) is 29.5 Å². The van der Waals surface area contributed by atoms with Crippen LogP contribution in [0.5, 0.6) is 5.75 Å². The molecule has 1 N–H and O–H groups in total. The highest BCUT2D eigenvalue weighted by Gasteiger charge is 2.12. The summed E-state index contributed by atoms with van der Waals surface area (Å²) in [6.07, 6.45) is 0.226. The Morgan fingerprint density at radius 1 is 1.15 bits per heavy atom. The van der Waals surface area contributed by atoms with Gasteiger partial charge in [0.15, 0.2) is 0 Å². The maximum atomic E-state index is 13.0. The Balaban J connectivity index is 2.07. The van der Waals surface area contributed by atoms with Crippen LogP contribution in [-0.4, -0.2) is 18.3 Å². The van der Waals surface area contributed by atoms with Gasteiger partial charge < -0.3 is 9.84 Å². The molecule has 0 spiro atoms. The van der Waals surface area contributed by atoms with Crippen LogP contribution in [0.3, 0.4) is 0 Å². The second-order valence-electron chi connectivity index (χ2n) is 4.61. The summed E-state index contributed by atoms with van der Waals surface area (Å²) in [4.78, 5) is 0. The van der Waals surface area contributed by atoms with Crippen molar-refractivity contribution >= 4 is 11.6 Å². The van der Waals surface area contributed by atoms with E-state index in [2.05, 4.69) is 0 Å². The van der Waals surface area contributed by atoms with E-state index in [1.54, 1.807) is 13.2 Å². The Morgan fingerprint density at radius 3 is 2.55 bits per heavy atom. The fraction of sp³-hybridized carbons (Fsp3) is 0.250. The molecular weight excluding hydrogens is 279 g/mol. The molecule has 0 heterocycles. The van der Waals surface area contributed by atoms with Gasteiger partial charge in [-0.3, -0.25) is 0 Å². The number of aliphatic hydroxyl groups excluding tert-OH is 1. The SMILES string of the molecule is COc1ccccc1CC(O)Cc1ccc(F)cc1Cl. The van der Waals surface area contributed by atoms with Crippen LogP contribution in [0.15, 0.2) is 42.5 Å². The summed E-state index contributed by atoms with van der Waals surface area (Å²) >= 11 is 5.96. The number of methoxy groups -OCH3 is 1. The van der Waals surface area contributed by atoms with E-state index in [1.807, 2.05) is 24.3 Å². The van der Waals surface area contributed by atoms with Crippen molar-refractivity contribution in [2.45, 2.75) is 18.9 Å². The summed E-state index contributed by atoms with van der Waals surface area (Å²) in [6, 6.07) is 11.7. The lowest BCUT2D eigenvalue weighted by Crippen LogP contribution is -2.14. The van der Waals surface area contributed by atoms with E-state index in [0.717, 1.165) is 16.9 Å². The van der Waals surface area contributed by atoms with E-state index >= 15 is 0 Å². The molecule has 0 aliphatic heterocycles. The first-order valence-corrected chi connectivity index (χ1v) is 6.72. The van der Waals surface area contributed by atoms with Gasteiger partial charge >= 0.3 is 0 Å². The fourth-order valence-electron chi connectivity index (χ4n) is 2.14. The lowest BCUT2D eigenvalue weighted by atomic mass is 10.0. The molecule has 0 aromatic heterocycles. The molecule has 2 aromatic carbocycles. The van der Waals surface area contributed by atoms with Crippen LogP contribution in [-0.2, 0) is 12.8 Å². The van der Waals surface area contributed by atoms with Crippen LogP contribution in [0.4, 0.5) is 4.39 Å². The number of aliphatic hydroxyl groups is 1. The number of rotatable bonds is 5. The molecule has 20 heavy (non-hydrogen) atoms. The summed E-state index contributed by atoms with van der Waals surface area (Å²) in [5.74, 6) is 0.370. The third-order valence-electron chi connectivity index (χ3n) is 3.12. The van der Waals surface area contributed by atoms with Crippen molar-refractivity contribution in [2.75, 3.05) is 7.11 Å². The molecule has 0 aliphatic carbocycles. The van der Waals surface area contributed by atoms with E-state index in [-0.39, 0.29) is 5.82 Å². The van der Waals surface area contributed by atoms with Gasteiger partial charge in [-0.1, -0.05) is 35.9 Å². The summed E-state index contributed by atoms with van der Waals surface area (Å²) in [6.45, 7) is 0. The number of halogens is 2. The lowest BCUT2D eigenvalue weighted by molar-refractivity contribution is 0.174. The van der Waals surface area contributed by atoms with Gasteiger partial charge in [0.25, 0.3) is 0 Å². The maximum absolute atomic E-state index is 13.0. The normalized spacial score (nSPS) is 12.2. The van der Waals surface area contributed by atoms with Gasteiger partial charge in [0.2, 0.25) is 0 Å². The predicted molar refractivity (Wildman–Crippen MR) is 77.8 cm³/mol. The molecule has 106 valence electrons. The second kappa shape index (κ2) is 6.73. The molecule has 0 amide bonds. The molecule has 2 aromatic rings. The van der Waals surface area contributed by atoms with Crippen LogP contribution < -0.4 is 4.74 Å². The Kier molecular flexibility index (Phi) is 4.99. The molecular formula is C16H16ClFO2. The first-order chi connectivity index (χ1) is 9.60. The maximum Gasteiger partial charge on any atom is 0.124 e. The molecule has 4 heteroatoms. The van der Waals surface area contributed by atoms with E-state index in [1.165, 1.54) is 12.1 Å². The minimum atomic E-state index is -0.603. The molecule has 0 saturated heterocycles. The first-order valence-electron chi connectivity index (χ1n) is 6.34. The fourth-order valence-corrected chi connectivity index (χ4v) is 2.38. The molecule has 0 radical (unpaired) electrons. The van der Waals surface area contributed by atoms with Crippen LogP contribution in [0.25, 0.3) is 0 Å². The molecule has 0 aliphatic rings. The predicted octanol–water partition coefficient (Wildman–Crippen LogP) is 3.63. The van der Waals surface area contributed by atoms with Crippen molar-refractivity contribution in [2.24, 2.45) is 0 Å². The van der Waals surface area contributed by atoms with Gasteiger partial charge in [0.05, 0.1) is 13.2 Å². The molecule has 0 fully saturated rings. The van der Waals surface area contributed by atoms with Crippen LogP contribution in [0.1, 0.15) is 11.1 Å². The Hall–Kier alpha value is -1.58. The zero-order valence-corrected chi connectivity index (χ0v) is 11.9. The van der Waals surface area contributed by atoms with Gasteiger partial charge in [-0.2, -0.15) is 0 Å². The zero-order chi connectivity index (χ0) is 14.5. The summed E-state index contributed by atoms with van der Waals surface area (Å²) in [7, 11) is 1.60. The quantitative estimate of drug-likeness (QED) is 0.912. The largest absolute Gasteiger partial charge is 0.496 e. The standard InChI is InChI=1S/C16H16ClFO2/c1-20-16-5-3-2-4-12(16)9-14(19)8-11-6-7-13(18)10-15(11)17/h2-7,10,14,19H,8-9H2,1H3. The van der Waals surface area contributed by atoms with Gasteiger partial charge in [-0.25, -0.2) is 4.39 Å². The highest BCUT2D eigenvalue weighted by molar-refractivity contribution is 6.31. The van der Waals surface area contributed by atoms with Crippen LogP contribution in [0.2, 0.25) is 5.02 Å². The van der Waals surface area contributed by atoms with E-state index < -0.39 is 6.10 Å². The van der Waals surface area contributed by atoms with E-state index in [4.69, 9.17) is 16.3 Å². The second-order valence-corrected chi connectivity index (χ2v) is 5.02. The number of benzene rings is 2. The van der Waals surface area contributed by atoms with Crippen molar-refractivity contribution < 1.29 is 14.2 Å². The first kappa shape index (κ1) is 14.8. The lowest BCUT2D eigenvalue weighted by Gasteiger charge is -2.14. The highest BCUT2D eigenvalue weighted by atomic mass is 35.5. The monoisotopic (exact) mass is 294 g/mol. The average molecular weight is 295 g/mol. The highest BCUT2D eigenvalue weighted by Crippen LogP contribution is 2.23. The van der Waals surface area contributed by atoms with Gasteiger partial charge in [-0.05, 0) is 29.3 Å². The average Bonchev–Trinajstić information content (AvgIpc) is 2.42. The van der Waals surface area contributed by atoms with Gasteiger partial charge in [0.1, 0.15) is 11.6 Å². The molecule has 0 saturated carbocycles. The van der Waals surface area contributed by atoms with E-state index in [0.29, 0.717) is 17.9 Å². The van der Waals surface area contributed by atoms with Crippen molar-refractivity contribution in [3.05, 3.63) is 64.4 Å². The van der Waals surface area contributed by atoms with Crippen molar-refractivity contribution in [1.29, 1.82) is 0 Å². The third-order valence-corrected chi connectivity index (χ3v) is 3.47. The Morgan fingerprint density at radius 2 is 1.85 bits per heavy atom. The van der Waals surface area contributed by atoms with Crippen molar-refractivity contribution in [3.63, 3.8) is 0 Å². The minimum Gasteiger partial charge on any atom is -0.496 e. The molecule has 1 atom stereocenters. The van der Waals surface area contributed by atoms with Gasteiger partial charge in [-0.15, -0.1) is 0 Å². The molecule has 1 unspecified atom stereocenters. The van der Waals surface area contributed by atoms with E-state index in [9.17, 15) is 9.50 Å². The zero-order valence-electron chi connectivity index (χ0n) is 11.1. The minimum absolute atomic E-state index is 0.337. The van der Waals surface area contributed by atoms with Gasteiger partial charge in [0, 0.05) is 17.9 Å². The number of ether oxygens (including phenoxy) is 1. The molecule has 0 bridgehead atoms. The molecule has 2 rings (SSSR count). The number of hydrogen-bond donors (Lipinski definition) is 1. The number of hydrogen-bond acceptors (Lipinski definition) is 2. The summed E-state index contributed by atoms with van der Waals surface area (Å²) in [5.41, 5.74) is 1.66. The smallest absolute Gasteiger partial charge is 0.124 e. The summed E-state index contributed by atoms with van der Waals surface area (Å²) in [5, 5.41) is 10.5. The third kappa shape index (κ3) is 3.71. The van der Waals surface area contributed by atoms with Crippen molar-refractivity contribution in [1.82, 2.24) is 0 Å². The van der Waals surface area contributed by atoms with Crippen molar-refractivity contribution in [3.8, 4) is 5.75 Å². The summed E-state index contributed by atoms with van der Waals surface area (Å²) < 4.78 is 18.2.